The van der Waals surface area contributed by atoms with Crippen LogP contribution < -0.4 is 0 Å². The summed E-state index contributed by atoms with van der Waals surface area (Å²) in [7, 11) is 0. The molecule has 25 heavy (non-hydrogen) atoms. The van der Waals surface area contributed by atoms with E-state index in [2.05, 4.69) is 10.2 Å². The lowest BCUT2D eigenvalue weighted by atomic mass is 10.2. The van der Waals surface area contributed by atoms with Crippen molar-refractivity contribution >= 4 is 16.8 Å². The normalized spacial score (nSPS) is 18.4. The number of hydrogen-bond donors (Lipinski definition) is 0. The first-order valence-corrected chi connectivity index (χ1v) is 8.57. The van der Waals surface area contributed by atoms with Crippen LogP contribution in [0.15, 0.2) is 48.9 Å². The second-order valence-corrected chi connectivity index (χ2v) is 6.28. The molecule has 1 atom stereocenters. The molecular formula is C18H21N5O2. The van der Waals surface area contributed by atoms with Crippen LogP contribution >= 0.6 is 0 Å². The molecule has 3 aromatic rings. The number of benzene rings is 1. The molecule has 2 aromatic heterocycles. The van der Waals surface area contributed by atoms with Crippen molar-refractivity contribution in [3.63, 3.8) is 0 Å². The van der Waals surface area contributed by atoms with E-state index in [0.717, 1.165) is 17.3 Å². The average molecular weight is 339 g/mol. The minimum Gasteiger partial charge on any atom is -0.374 e. The van der Waals surface area contributed by atoms with Crippen LogP contribution in [0.2, 0.25) is 0 Å². The number of carbonyl (C=O) groups excluding carboxylic acids is 1. The van der Waals surface area contributed by atoms with Crippen LogP contribution in [0.5, 0.6) is 0 Å². The van der Waals surface area contributed by atoms with Gasteiger partial charge in [0, 0.05) is 37.5 Å². The van der Waals surface area contributed by atoms with E-state index in [4.69, 9.17) is 4.74 Å². The molecule has 130 valence electrons. The highest BCUT2D eigenvalue weighted by Gasteiger charge is 2.23. The Morgan fingerprint density at radius 1 is 1.24 bits per heavy atom. The van der Waals surface area contributed by atoms with Crippen molar-refractivity contribution < 1.29 is 9.53 Å². The fraction of sp³-hybridized carbons (Fsp3) is 0.389. The molecule has 0 radical (unpaired) electrons. The van der Waals surface area contributed by atoms with Gasteiger partial charge in [0.2, 0.25) is 5.91 Å². The number of aromatic nitrogens is 4. The van der Waals surface area contributed by atoms with E-state index in [1.165, 1.54) is 0 Å². The standard InChI is InChI=1S/C18H21N5O2/c24-18(14-23-17-6-2-1-5-15(17)11-20-23)21-8-4-10-25-16(12-21)13-22-9-3-7-19-22/h1-3,5-7,9,11,16H,4,8,10,12-14H2/t16-/m1/s1. The van der Waals surface area contributed by atoms with Gasteiger partial charge in [-0.3, -0.25) is 14.2 Å². The summed E-state index contributed by atoms with van der Waals surface area (Å²) in [6, 6.07) is 9.82. The van der Waals surface area contributed by atoms with Crippen molar-refractivity contribution in [2.45, 2.75) is 25.6 Å². The summed E-state index contributed by atoms with van der Waals surface area (Å²) in [5.41, 5.74) is 0.981. The third kappa shape index (κ3) is 3.56. The Labute approximate surface area is 145 Å². The van der Waals surface area contributed by atoms with E-state index in [1.807, 2.05) is 46.1 Å². The molecule has 3 heterocycles. The summed E-state index contributed by atoms with van der Waals surface area (Å²) in [5, 5.41) is 9.63. The summed E-state index contributed by atoms with van der Waals surface area (Å²) < 4.78 is 9.50. The number of hydrogen-bond acceptors (Lipinski definition) is 4. The van der Waals surface area contributed by atoms with E-state index in [-0.39, 0.29) is 18.6 Å². The van der Waals surface area contributed by atoms with E-state index in [9.17, 15) is 4.79 Å². The Balaban J connectivity index is 1.44. The van der Waals surface area contributed by atoms with Gasteiger partial charge in [0.1, 0.15) is 6.54 Å². The average Bonchev–Trinajstić information content (AvgIpc) is 3.21. The van der Waals surface area contributed by atoms with Gasteiger partial charge in [0.05, 0.1) is 24.4 Å². The molecule has 0 unspecified atom stereocenters. The van der Waals surface area contributed by atoms with Crippen molar-refractivity contribution in [2.75, 3.05) is 19.7 Å². The Morgan fingerprint density at radius 3 is 3.04 bits per heavy atom. The molecule has 0 N–H and O–H groups in total. The quantitative estimate of drug-likeness (QED) is 0.723. The molecule has 7 nitrogen and oxygen atoms in total. The van der Waals surface area contributed by atoms with E-state index < -0.39 is 0 Å². The number of nitrogens with zero attached hydrogens (tertiary/aromatic N) is 5. The fourth-order valence-corrected chi connectivity index (χ4v) is 3.23. The lowest BCUT2D eigenvalue weighted by Crippen LogP contribution is -2.40. The second kappa shape index (κ2) is 7.06. The molecule has 1 aliphatic heterocycles. The minimum atomic E-state index is -0.0410. The first-order chi connectivity index (χ1) is 12.3. The zero-order valence-corrected chi connectivity index (χ0v) is 14.0. The fourth-order valence-electron chi connectivity index (χ4n) is 3.23. The first-order valence-electron chi connectivity index (χ1n) is 8.57. The van der Waals surface area contributed by atoms with Crippen molar-refractivity contribution in [3.8, 4) is 0 Å². The summed E-state index contributed by atoms with van der Waals surface area (Å²) in [4.78, 5) is 14.7. The lowest BCUT2D eigenvalue weighted by molar-refractivity contribution is -0.132. The lowest BCUT2D eigenvalue weighted by Gasteiger charge is -2.24. The zero-order valence-electron chi connectivity index (χ0n) is 14.0. The molecule has 1 amide bonds. The third-order valence-corrected chi connectivity index (χ3v) is 4.49. The van der Waals surface area contributed by atoms with E-state index in [0.29, 0.717) is 26.2 Å². The van der Waals surface area contributed by atoms with Crippen molar-refractivity contribution in [1.29, 1.82) is 0 Å². The van der Waals surface area contributed by atoms with Gasteiger partial charge >= 0.3 is 0 Å². The summed E-state index contributed by atoms with van der Waals surface area (Å²) in [6.07, 6.45) is 6.27. The van der Waals surface area contributed by atoms with E-state index in [1.54, 1.807) is 17.1 Å². The molecule has 1 fully saturated rings. The number of ether oxygens (including phenoxy) is 1. The molecule has 0 saturated carbocycles. The van der Waals surface area contributed by atoms with Crippen LogP contribution in [0, 0.1) is 0 Å². The first kappa shape index (κ1) is 15.8. The van der Waals surface area contributed by atoms with Crippen molar-refractivity contribution in [3.05, 3.63) is 48.9 Å². The minimum absolute atomic E-state index is 0.0410. The Morgan fingerprint density at radius 2 is 2.16 bits per heavy atom. The molecule has 0 bridgehead atoms. The maximum Gasteiger partial charge on any atom is 0.244 e. The topological polar surface area (TPSA) is 65.2 Å². The summed E-state index contributed by atoms with van der Waals surface area (Å²) in [6.45, 7) is 2.87. The molecule has 1 saturated heterocycles. The zero-order chi connectivity index (χ0) is 17.1. The maximum atomic E-state index is 12.8. The predicted molar refractivity (Wildman–Crippen MR) is 92.9 cm³/mol. The maximum absolute atomic E-state index is 12.8. The summed E-state index contributed by atoms with van der Waals surface area (Å²) >= 11 is 0. The Bertz CT molecular complexity index is 842. The number of fused-ring (bicyclic) bond motifs is 1. The van der Waals surface area contributed by atoms with E-state index >= 15 is 0 Å². The molecule has 0 spiro atoms. The number of carbonyl (C=O) groups is 1. The second-order valence-electron chi connectivity index (χ2n) is 6.28. The largest absolute Gasteiger partial charge is 0.374 e. The Kier molecular flexibility index (Phi) is 4.47. The molecule has 1 aromatic carbocycles. The van der Waals surface area contributed by atoms with Crippen LogP contribution in [-0.2, 0) is 22.6 Å². The highest BCUT2D eigenvalue weighted by molar-refractivity contribution is 5.82. The van der Waals surface area contributed by atoms with Gasteiger partial charge in [-0.25, -0.2) is 0 Å². The Hall–Kier alpha value is -2.67. The van der Waals surface area contributed by atoms with Crippen LogP contribution in [0.1, 0.15) is 6.42 Å². The molecule has 1 aliphatic rings. The number of para-hydroxylation sites is 1. The molecule has 0 aliphatic carbocycles. The van der Waals surface area contributed by atoms with Crippen molar-refractivity contribution in [2.24, 2.45) is 0 Å². The van der Waals surface area contributed by atoms with Gasteiger partial charge in [0.25, 0.3) is 0 Å². The van der Waals surface area contributed by atoms with Crippen LogP contribution in [0.3, 0.4) is 0 Å². The highest BCUT2D eigenvalue weighted by Crippen LogP contribution is 2.14. The molecule has 7 heteroatoms. The van der Waals surface area contributed by atoms with Gasteiger partial charge in [0.15, 0.2) is 0 Å². The van der Waals surface area contributed by atoms with Crippen LogP contribution in [-0.4, -0.2) is 56.2 Å². The van der Waals surface area contributed by atoms with Crippen LogP contribution in [0.4, 0.5) is 0 Å². The highest BCUT2D eigenvalue weighted by atomic mass is 16.5. The van der Waals surface area contributed by atoms with Crippen LogP contribution in [0.25, 0.3) is 10.9 Å². The molecular weight excluding hydrogens is 318 g/mol. The SMILES string of the molecule is O=C(Cn1ncc2ccccc21)N1CCCO[C@@H](Cn2cccn2)C1. The smallest absolute Gasteiger partial charge is 0.244 e. The van der Waals surface area contributed by atoms with Gasteiger partial charge < -0.3 is 9.64 Å². The monoisotopic (exact) mass is 339 g/mol. The summed E-state index contributed by atoms with van der Waals surface area (Å²) in [5.74, 6) is 0.0739. The van der Waals surface area contributed by atoms with Gasteiger partial charge in [-0.05, 0) is 18.6 Å². The van der Waals surface area contributed by atoms with Gasteiger partial charge in [-0.1, -0.05) is 18.2 Å². The van der Waals surface area contributed by atoms with Crippen molar-refractivity contribution in [1.82, 2.24) is 24.5 Å². The molecule has 4 rings (SSSR count). The predicted octanol–water partition coefficient (Wildman–Crippen LogP) is 1.55. The van der Waals surface area contributed by atoms with Gasteiger partial charge in [-0.2, -0.15) is 10.2 Å². The third-order valence-electron chi connectivity index (χ3n) is 4.49. The van der Waals surface area contributed by atoms with Gasteiger partial charge in [-0.15, -0.1) is 0 Å². The number of rotatable bonds is 4. The number of amides is 1.